The van der Waals surface area contributed by atoms with Crippen LogP contribution in [0, 0.1) is 5.82 Å². The fourth-order valence-corrected chi connectivity index (χ4v) is 1.86. The summed E-state index contributed by atoms with van der Waals surface area (Å²) in [5.41, 5.74) is 2.04. The van der Waals surface area contributed by atoms with Crippen LogP contribution in [0.4, 0.5) is 4.39 Å². The summed E-state index contributed by atoms with van der Waals surface area (Å²) in [6, 6.07) is 12.3. The highest BCUT2D eigenvalue weighted by atomic mass is 19.1. The van der Waals surface area contributed by atoms with Crippen LogP contribution in [0.1, 0.15) is 11.3 Å². The molecule has 0 unspecified atom stereocenters. The molecule has 4 nitrogen and oxygen atoms in total. The van der Waals surface area contributed by atoms with Gasteiger partial charge >= 0.3 is 0 Å². The number of pyridine rings is 1. The van der Waals surface area contributed by atoms with Gasteiger partial charge in [-0.25, -0.2) is 4.39 Å². The van der Waals surface area contributed by atoms with E-state index in [0.717, 1.165) is 30.2 Å². The Labute approximate surface area is 124 Å². The number of halogens is 1. The highest BCUT2D eigenvalue weighted by molar-refractivity contribution is 5.79. The minimum atomic E-state index is -0.225. The maximum atomic E-state index is 12.8. The first-order chi connectivity index (χ1) is 10.3. The fourth-order valence-electron chi connectivity index (χ4n) is 1.86. The van der Waals surface area contributed by atoms with Crippen LogP contribution < -0.4 is 10.6 Å². The van der Waals surface area contributed by atoms with Gasteiger partial charge in [-0.1, -0.05) is 18.2 Å². The lowest BCUT2D eigenvalue weighted by Crippen LogP contribution is -2.37. The van der Waals surface area contributed by atoms with Crippen LogP contribution in [0.5, 0.6) is 0 Å². The molecule has 0 aliphatic carbocycles. The summed E-state index contributed by atoms with van der Waals surface area (Å²) in [5.74, 6) is 0.492. The van der Waals surface area contributed by atoms with Gasteiger partial charge in [-0.2, -0.15) is 0 Å². The Kier molecular flexibility index (Phi) is 5.70. The molecule has 21 heavy (non-hydrogen) atoms. The zero-order chi connectivity index (χ0) is 14.9. The first kappa shape index (κ1) is 15.0. The van der Waals surface area contributed by atoms with Crippen molar-refractivity contribution in [1.29, 1.82) is 0 Å². The number of guanidine groups is 1. The van der Waals surface area contributed by atoms with Crippen molar-refractivity contribution in [2.45, 2.75) is 13.0 Å². The van der Waals surface area contributed by atoms with Crippen LogP contribution in [0.25, 0.3) is 0 Å². The second-order valence-corrected chi connectivity index (χ2v) is 4.55. The van der Waals surface area contributed by atoms with Crippen LogP contribution in [0.15, 0.2) is 53.7 Å². The van der Waals surface area contributed by atoms with Gasteiger partial charge in [0.15, 0.2) is 5.96 Å². The number of hydrogen-bond acceptors (Lipinski definition) is 2. The van der Waals surface area contributed by atoms with Gasteiger partial charge in [-0.3, -0.25) is 9.98 Å². The van der Waals surface area contributed by atoms with Gasteiger partial charge in [0.25, 0.3) is 0 Å². The number of nitrogens with zero attached hydrogens (tertiary/aromatic N) is 2. The number of aromatic nitrogens is 1. The number of benzene rings is 1. The Morgan fingerprint density at radius 2 is 1.95 bits per heavy atom. The number of hydrogen-bond donors (Lipinski definition) is 2. The van der Waals surface area contributed by atoms with Crippen LogP contribution in [0.2, 0.25) is 0 Å². The number of aliphatic imine (C=N–C) groups is 1. The summed E-state index contributed by atoms with van der Waals surface area (Å²) in [5, 5.41) is 6.41. The first-order valence-electron chi connectivity index (χ1n) is 6.87. The molecule has 2 aromatic rings. The molecule has 2 rings (SSSR count). The lowest BCUT2D eigenvalue weighted by molar-refractivity contribution is 0.626. The molecule has 0 aliphatic heterocycles. The zero-order valence-corrected chi connectivity index (χ0v) is 12.0. The maximum Gasteiger partial charge on any atom is 0.191 e. The Balaban J connectivity index is 1.74. The number of rotatable bonds is 5. The molecule has 2 N–H and O–H groups in total. The average Bonchev–Trinajstić information content (AvgIpc) is 2.53. The predicted octanol–water partition coefficient (Wildman–Crippen LogP) is 2.13. The van der Waals surface area contributed by atoms with E-state index >= 15 is 0 Å². The summed E-state index contributed by atoms with van der Waals surface area (Å²) in [6.45, 7) is 1.35. The molecule has 0 saturated heterocycles. The molecule has 0 spiro atoms. The van der Waals surface area contributed by atoms with Gasteiger partial charge in [0.2, 0.25) is 0 Å². The van der Waals surface area contributed by atoms with E-state index in [4.69, 9.17) is 0 Å². The molecule has 0 fully saturated rings. The van der Waals surface area contributed by atoms with Crippen molar-refractivity contribution in [3.05, 3.63) is 65.7 Å². The topological polar surface area (TPSA) is 49.3 Å². The molecule has 0 aliphatic rings. The third-order valence-electron chi connectivity index (χ3n) is 3.00. The normalized spacial score (nSPS) is 11.2. The summed E-state index contributed by atoms with van der Waals surface area (Å²) in [6.07, 6.45) is 2.62. The van der Waals surface area contributed by atoms with Crippen LogP contribution in [-0.4, -0.2) is 24.5 Å². The SMILES string of the molecule is CN=C(NCCc1ccccn1)NCc1ccc(F)cc1. The molecule has 0 atom stereocenters. The second kappa shape index (κ2) is 7.99. The van der Waals surface area contributed by atoms with Gasteiger partial charge in [0.05, 0.1) is 0 Å². The summed E-state index contributed by atoms with van der Waals surface area (Å²) in [4.78, 5) is 8.42. The molecule has 5 heteroatoms. The minimum Gasteiger partial charge on any atom is -0.356 e. The van der Waals surface area contributed by atoms with E-state index < -0.39 is 0 Å². The summed E-state index contributed by atoms with van der Waals surface area (Å²) >= 11 is 0. The average molecular weight is 286 g/mol. The summed E-state index contributed by atoms with van der Waals surface area (Å²) in [7, 11) is 1.72. The van der Waals surface area contributed by atoms with Crippen molar-refractivity contribution >= 4 is 5.96 Å². The van der Waals surface area contributed by atoms with E-state index in [-0.39, 0.29) is 5.82 Å². The Bertz CT molecular complexity index is 567. The molecule has 0 amide bonds. The molecule has 0 bridgehead atoms. The monoisotopic (exact) mass is 286 g/mol. The Hall–Kier alpha value is -2.43. The molecule has 1 heterocycles. The van der Waals surface area contributed by atoms with E-state index in [9.17, 15) is 4.39 Å². The molecule has 1 aromatic heterocycles. The minimum absolute atomic E-state index is 0.225. The van der Waals surface area contributed by atoms with Crippen molar-refractivity contribution < 1.29 is 4.39 Å². The van der Waals surface area contributed by atoms with Crippen molar-refractivity contribution in [3.8, 4) is 0 Å². The van der Waals surface area contributed by atoms with Crippen LogP contribution in [-0.2, 0) is 13.0 Å². The smallest absolute Gasteiger partial charge is 0.191 e. The molecule has 1 aromatic carbocycles. The van der Waals surface area contributed by atoms with Gasteiger partial charge in [0, 0.05) is 38.4 Å². The highest BCUT2D eigenvalue weighted by Gasteiger charge is 1.99. The standard InChI is InChI=1S/C16H19FN4/c1-18-16(20-11-9-15-4-2-3-10-19-15)21-12-13-5-7-14(17)8-6-13/h2-8,10H,9,11-12H2,1H3,(H2,18,20,21). The molecule has 0 saturated carbocycles. The van der Waals surface area contributed by atoms with Gasteiger partial charge in [-0.05, 0) is 29.8 Å². The van der Waals surface area contributed by atoms with E-state index in [1.807, 2.05) is 18.2 Å². The Morgan fingerprint density at radius 1 is 1.14 bits per heavy atom. The molecule has 110 valence electrons. The number of nitrogens with one attached hydrogen (secondary N) is 2. The van der Waals surface area contributed by atoms with Crippen molar-refractivity contribution in [2.75, 3.05) is 13.6 Å². The van der Waals surface area contributed by atoms with Crippen molar-refractivity contribution in [3.63, 3.8) is 0 Å². The highest BCUT2D eigenvalue weighted by Crippen LogP contribution is 2.01. The summed E-state index contributed by atoms with van der Waals surface area (Å²) < 4.78 is 12.8. The van der Waals surface area contributed by atoms with Gasteiger partial charge < -0.3 is 10.6 Å². The molecule has 0 radical (unpaired) electrons. The van der Waals surface area contributed by atoms with Crippen LogP contribution in [0.3, 0.4) is 0 Å². The van der Waals surface area contributed by atoms with Gasteiger partial charge in [-0.15, -0.1) is 0 Å². The third kappa shape index (κ3) is 5.22. The molecular formula is C16H19FN4. The zero-order valence-electron chi connectivity index (χ0n) is 12.0. The van der Waals surface area contributed by atoms with Gasteiger partial charge in [0.1, 0.15) is 5.82 Å². The maximum absolute atomic E-state index is 12.8. The predicted molar refractivity (Wildman–Crippen MR) is 82.5 cm³/mol. The quantitative estimate of drug-likeness (QED) is 0.654. The van der Waals surface area contributed by atoms with E-state index in [1.165, 1.54) is 12.1 Å². The van der Waals surface area contributed by atoms with Crippen molar-refractivity contribution in [1.82, 2.24) is 15.6 Å². The van der Waals surface area contributed by atoms with E-state index in [2.05, 4.69) is 20.6 Å². The lowest BCUT2D eigenvalue weighted by atomic mass is 10.2. The fraction of sp³-hybridized carbons (Fsp3) is 0.250. The first-order valence-corrected chi connectivity index (χ1v) is 6.87. The van der Waals surface area contributed by atoms with Crippen LogP contribution >= 0.6 is 0 Å². The van der Waals surface area contributed by atoms with E-state index in [0.29, 0.717) is 6.54 Å². The second-order valence-electron chi connectivity index (χ2n) is 4.55. The molecular weight excluding hydrogens is 267 g/mol. The third-order valence-corrected chi connectivity index (χ3v) is 3.00. The lowest BCUT2D eigenvalue weighted by Gasteiger charge is -2.11. The Morgan fingerprint density at radius 3 is 2.62 bits per heavy atom. The van der Waals surface area contributed by atoms with Crippen molar-refractivity contribution in [2.24, 2.45) is 4.99 Å². The van der Waals surface area contributed by atoms with E-state index in [1.54, 1.807) is 25.4 Å². The largest absolute Gasteiger partial charge is 0.356 e.